The lowest BCUT2D eigenvalue weighted by molar-refractivity contribution is 0.328. The van der Waals surface area contributed by atoms with Crippen molar-refractivity contribution in [2.24, 2.45) is 0 Å². The van der Waals surface area contributed by atoms with E-state index in [1.54, 1.807) is 13.3 Å². The van der Waals surface area contributed by atoms with Gasteiger partial charge >= 0.3 is 6.01 Å². The molecule has 1 fully saturated rings. The number of aromatic nitrogens is 2. The van der Waals surface area contributed by atoms with E-state index in [1.165, 1.54) is 18.4 Å². The summed E-state index contributed by atoms with van der Waals surface area (Å²) in [7, 11) is 1.61. The summed E-state index contributed by atoms with van der Waals surface area (Å²) in [6.07, 6.45) is 4.21. The smallest absolute Gasteiger partial charge is 0.316 e. The second kappa shape index (κ2) is 4.77. The van der Waals surface area contributed by atoms with E-state index < -0.39 is 0 Å². The molecule has 3 rings (SSSR count). The standard InChI is InChI=1S/C15H16N2O/c1-18-15-16-10-9-14(17-15)13-8-7-12(13)11-5-3-2-4-6-11/h2-6,9-10,12-13H,7-8H2,1H3/t12-,13-/m0/s1. The molecule has 3 heteroatoms. The summed E-state index contributed by atoms with van der Waals surface area (Å²) in [5.41, 5.74) is 2.51. The molecule has 0 amide bonds. The minimum absolute atomic E-state index is 0.464. The quantitative estimate of drug-likeness (QED) is 0.826. The second-order valence-corrected chi connectivity index (χ2v) is 4.67. The predicted octanol–water partition coefficient (Wildman–Crippen LogP) is 3.15. The van der Waals surface area contributed by atoms with Crippen LogP contribution in [0.15, 0.2) is 42.6 Å². The lowest BCUT2D eigenvalue weighted by Gasteiger charge is -2.36. The van der Waals surface area contributed by atoms with Gasteiger partial charge in [-0.2, -0.15) is 4.98 Å². The van der Waals surface area contributed by atoms with Gasteiger partial charge in [-0.25, -0.2) is 4.98 Å². The Balaban J connectivity index is 1.85. The summed E-state index contributed by atoms with van der Waals surface area (Å²) in [5, 5.41) is 0. The zero-order chi connectivity index (χ0) is 12.4. The average molecular weight is 240 g/mol. The van der Waals surface area contributed by atoms with Gasteiger partial charge in [0.25, 0.3) is 0 Å². The van der Waals surface area contributed by atoms with Crippen molar-refractivity contribution in [1.82, 2.24) is 9.97 Å². The van der Waals surface area contributed by atoms with Crippen molar-refractivity contribution in [3.63, 3.8) is 0 Å². The summed E-state index contributed by atoms with van der Waals surface area (Å²) in [6, 6.07) is 13.1. The molecule has 1 aliphatic rings. The topological polar surface area (TPSA) is 35.0 Å². The van der Waals surface area contributed by atoms with E-state index in [4.69, 9.17) is 4.74 Å². The van der Waals surface area contributed by atoms with Crippen LogP contribution in [0.1, 0.15) is 35.9 Å². The van der Waals surface area contributed by atoms with Gasteiger partial charge in [0.05, 0.1) is 12.8 Å². The molecule has 1 saturated carbocycles. The zero-order valence-corrected chi connectivity index (χ0v) is 10.4. The highest BCUT2D eigenvalue weighted by atomic mass is 16.5. The Kier molecular flexibility index (Phi) is 2.97. The molecule has 0 spiro atoms. The lowest BCUT2D eigenvalue weighted by Crippen LogP contribution is -2.22. The molecule has 1 aromatic heterocycles. The number of methoxy groups -OCH3 is 1. The van der Waals surface area contributed by atoms with Crippen LogP contribution in [-0.4, -0.2) is 17.1 Å². The van der Waals surface area contributed by atoms with Crippen molar-refractivity contribution >= 4 is 0 Å². The Labute approximate surface area is 107 Å². The van der Waals surface area contributed by atoms with Gasteiger partial charge in [-0.05, 0) is 30.4 Å². The molecule has 0 aliphatic heterocycles. The molecule has 1 aliphatic carbocycles. The Morgan fingerprint density at radius 3 is 2.50 bits per heavy atom. The summed E-state index contributed by atoms with van der Waals surface area (Å²) >= 11 is 0. The molecule has 1 aromatic carbocycles. The molecule has 0 N–H and O–H groups in total. The number of hydrogen-bond acceptors (Lipinski definition) is 3. The van der Waals surface area contributed by atoms with E-state index in [0.717, 1.165) is 5.69 Å². The Bertz CT molecular complexity index is 527. The largest absolute Gasteiger partial charge is 0.467 e. The molecule has 3 nitrogen and oxygen atoms in total. The van der Waals surface area contributed by atoms with Crippen LogP contribution in [-0.2, 0) is 0 Å². The average Bonchev–Trinajstić information content (AvgIpc) is 2.39. The molecule has 92 valence electrons. The van der Waals surface area contributed by atoms with Crippen molar-refractivity contribution in [3.05, 3.63) is 53.9 Å². The third kappa shape index (κ3) is 1.96. The number of rotatable bonds is 3. The Morgan fingerprint density at radius 2 is 1.83 bits per heavy atom. The van der Waals surface area contributed by atoms with E-state index in [9.17, 15) is 0 Å². The first-order valence-corrected chi connectivity index (χ1v) is 6.30. The summed E-state index contributed by atoms with van der Waals surface area (Å²) in [6.45, 7) is 0. The minimum Gasteiger partial charge on any atom is -0.467 e. The molecule has 0 radical (unpaired) electrons. The van der Waals surface area contributed by atoms with Gasteiger partial charge in [-0.1, -0.05) is 30.3 Å². The van der Waals surface area contributed by atoms with Crippen LogP contribution in [0.25, 0.3) is 0 Å². The fourth-order valence-corrected chi connectivity index (χ4v) is 2.61. The highest BCUT2D eigenvalue weighted by Gasteiger charge is 2.34. The number of hydrogen-bond donors (Lipinski definition) is 0. The number of nitrogens with zero attached hydrogens (tertiary/aromatic N) is 2. The molecule has 2 atom stereocenters. The van der Waals surface area contributed by atoms with E-state index in [1.807, 2.05) is 6.07 Å². The third-order valence-corrected chi connectivity index (χ3v) is 3.72. The van der Waals surface area contributed by atoms with Crippen molar-refractivity contribution < 1.29 is 4.74 Å². The fraction of sp³-hybridized carbons (Fsp3) is 0.333. The number of benzene rings is 1. The van der Waals surface area contributed by atoms with Crippen LogP contribution >= 0.6 is 0 Å². The molecular weight excluding hydrogens is 224 g/mol. The van der Waals surface area contributed by atoms with Gasteiger partial charge in [-0.15, -0.1) is 0 Å². The highest BCUT2D eigenvalue weighted by molar-refractivity contribution is 5.28. The van der Waals surface area contributed by atoms with Gasteiger partial charge in [0.15, 0.2) is 0 Å². The third-order valence-electron chi connectivity index (χ3n) is 3.72. The first-order valence-electron chi connectivity index (χ1n) is 6.30. The van der Waals surface area contributed by atoms with Crippen molar-refractivity contribution in [2.75, 3.05) is 7.11 Å². The Morgan fingerprint density at radius 1 is 1.06 bits per heavy atom. The van der Waals surface area contributed by atoms with Crippen LogP contribution in [0.5, 0.6) is 6.01 Å². The van der Waals surface area contributed by atoms with Crippen LogP contribution in [0, 0.1) is 0 Å². The fourth-order valence-electron chi connectivity index (χ4n) is 2.61. The summed E-state index contributed by atoms with van der Waals surface area (Å²) in [4.78, 5) is 8.52. The van der Waals surface area contributed by atoms with E-state index in [2.05, 4.69) is 40.3 Å². The molecule has 0 bridgehead atoms. The van der Waals surface area contributed by atoms with Crippen molar-refractivity contribution in [1.29, 1.82) is 0 Å². The van der Waals surface area contributed by atoms with E-state index in [-0.39, 0.29) is 0 Å². The second-order valence-electron chi connectivity index (χ2n) is 4.67. The van der Waals surface area contributed by atoms with Crippen LogP contribution < -0.4 is 4.74 Å². The molecule has 0 unspecified atom stereocenters. The molecule has 18 heavy (non-hydrogen) atoms. The van der Waals surface area contributed by atoms with Gasteiger partial charge in [0, 0.05) is 12.1 Å². The lowest BCUT2D eigenvalue weighted by atomic mass is 9.68. The first kappa shape index (κ1) is 11.2. The molecule has 1 heterocycles. The SMILES string of the molecule is COc1nccc([C@H]2CC[C@H]2c2ccccc2)n1. The summed E-state index contributed by atoms with van der Waals surface area (Å²) in [5.74, 6) is 1.09. The van der Waals surface area contributed by atoms with E-state index in [0.29, 0.717) is 17.8 Å². The zero-order valence-electron chi connectivity index (χ0n) is 10.4. The van der Waals surface area contributed by atoms with Crippen LogP contribution in [0.4, 0.5) is 0 Å². The minimum atomic E-state index is 0.464. The Hall–Kier alpha value is -1.90. The first-order chi connectivity index (χ1) is 8.88. The predicted molar refractivity (Wildman–Crippen MR) is 69.7 cm³/mol. The van der Waals surface area contributed by atoms with Gasteiger partial charge in [0.1, 0.15) is 0 Å². The number of ether oxygens (including phenoxy) is 1. The maximum atomic E-state index is 5.09. The van der Waals surface area contributed by atoms with Crippen molar-refractivity contribution in [3.8, 4) is 6.01 Å². The van der Waals surface area contributed by atoms with E-state index >= 15 is 0 Å². The molecule has 2 aromatic rings. The van der Waals surface area contributed by atoms with Gasteiger partial charge in [-0.3, -0.25) is 0 Å². The molecular formula is C15H16N2O. The van der Waals surface area contributed by atoms with Gasteiger partial charge < -0.3 is 4.74 Å². The monoisotopic (exact) mass is 240 g/mol. The van der Waals surface area contributed by atoms with Gasteiger partial charge in [0.2, 0.25) is 0 Å². The molecule has 0 saturated heterocycles. The highest BCUT2D eigenvalue weighted by Crippen LogP contribution is 2.48. The van der Waals surface area contributed by atoms with Crippen molar-refractivity contribution in [2.45, 2.75) is 24.7 Å². The van der Waals surface area contributed by atoms with Crippen LogP contribution in [0.3, 0.4) is 0 Å². The normalized spacial score (nSPS) is 22.3. The van der Waals surface area contributed by atoms with Crippen LogP contribution in [0.2, 0.25) is 0 Å². The maximum Gasteiger partial charge on any atom is 0.316 e. The maximum absolute atomic E-state index is 5.09. The summed E-state index contributed by atoms with van der Waals surface area (Å²) < 4.78 is 5.09.